The molecule has 8 heteroatoms. The zero-order valence-electron chi connectivity index (χ0n) is 10.8. The molecule has 1 aliphatic rings. The SMILES string of the molecule is NC(=O)C1CC(=O)N(c2cc(C(=O)O)cc(C(=O)O)c2)C1. The van der Waals surface area contributed by atoms with Crippen molar-refractivity contribution < 1.29 is 29.4 Å². The Balaban J connectivity index is 2.44. The van der Waals surface area contributed by atoms with Gasteiger partial charge in [-0.1, -0.05) is 0 Å². The molecule has 2 rings (SSSR count). The first-order valence-electron chi connectivity index (χ1n) is 6.01. The number of aromatic carboxylic acids is 2. The molecule has 2 amide bonds. The lowest BCUT2D eigenvalue weighted by atomic mass is 10.1. The number of rotatable bonds is 4. The molecule has 1 aromatic rings. The molecule has 1 unspecified atom stereocenters. The first-order valence-corrected chi connectivity index (χ1v) is 6.01. The van der Waals surface area contributed by atoms with Crippen LogP contribution in [0.4, 0.5) is 5.69 Å². The van der Waals surface area contributed by atoms with Gasteiger partial charge in [0.15, 0.2) is 0 Å². The van der Waals surface area contributed by atoms with Crippen molar-refractivity contribution in [2.24, 2.45) is 11.7 Å². The number of amides is 2. The summed E-state index contributed by atoms with van der Waals surface area (Å²) in [4.78, 5) is 46.2. The third-order valence-electron chi connectivity index (χ3n) is 3.25. The topological polar surface area (TPSA) is 138 Å². The lowest BCUT2D eigenvalue weighted by Gasteiger charge is -2.17. The summed E-state index contributed by atoms with van der Waals surface area (Å²) in [7, 11) is 0. The van der Waals surface area contributed by atoms with Gasteiger partial charge >= 0.3 is 11.9 Å². The van der Waals surface area contributed by atoms with Gasteiger partial charge in [-0.25, -0.2) is 9.59 Å². The van der Waals surface area contributed by atoms with Crippen molar-refractivity contribution in [1.29, 1.82) is 0 Å². The second kappa shape index (κ2) is 5.23. The van der Waals surface area contributed by atoms with Crippen molar-refractivity contribution in [1.82, 2.24) is 0 Å². The molecule has 0 aliphatic carbocycles. The molecule has 0 bridgehead atoms. The predicted octanol–water partition coefficient (Wildman–Crippen LogP) is -0.0788. The third-order valence-corrected chi connectivity index (χ3v) is 3.25. The van der Waals surface area contributed by atoms with E-state index in [2.05, 4.69) is 0 Å². The van der Waals surface area contributed by atoms with E-state index in [1.165, 1.54) is 17.0 Å². The Bertz CT molecular complexity index is 622. The van der Waals surface area contributed by atoms with Crippen molar-refractivity contribution in [3.63, 3.8) is 0 Å². The highest BCUT2D eigenvalue weighted by molar-refractivity contribution is 6.02. The van der Waals surface area contributed by atoms with Crippen LogP contribution in [0.1, 0.15) is 27.1 Å². The maximum Gasteiger partial charge on any atom is 0.335 e. The van der Waals surface area contributed by atoms with Crippen LogP contribution in [0.2, 0.25) is 0 Å². The Kier molecular flexibility index (Phi) is 3.62. The number of hydrogen-bond donors (Lipinski definition) is 3. The minimum atomic E-state index is -1.31. The fourth-order valence-corrected chi connectivity index (χ4v) is 2.16. The van der Waals surface area contributed by atoms with Gasteiger partial charge in [-0.05, 0) is 18.2 Å². The van der Waals surface area contributed by atoms with Gasteiger partial charge in [0.2, 0.25) is 11.8 Å². The molecular weight excluding hydrogens is 280 g/mol. The third kappa shape index (κ3) is 2.83. The maximum atomic E-state index is 11.9. The number of nitrogens with two attached hydrogens (primary N) is 1. The number of carbonyl (C=O) groups excluding carboxylic acids is 2. The first kappa shape index (κ1) is 14.5. The van der Waals surface area contributed by atoms with E-state index in [0.29, 0.717) is 0 Å². The quantitative estimate of drug-likeness (QED) is 0.709. The highest BCUT2D eigenvalue weighted by Crippen LogP contribution is 2.27. The normalized spacial score (nSPS) is 17.8. The molecule has 4 N–H and O–H groups in total. The summed E-state index contributed by atoms with van der Waals surface area (Å²) < 4.78 is 0. The molecule has 1 atom stereocenters. The van der Waals surface area contributed by atoms with Crippen molar-refractivity contribution in [3.8, 4) is 0 Å². The monoisotopic (exact) mass is 292 g/mol. The van der Waals surface area contributed by atoms with E-state index in [9.17, 15) is 19.2 Å². The van der Waals surface area contributed by atoms with Crippen molar-refractivity contribution in [2.75, 3.05) is 11.4 Å². The number of primary amides is 1. The summed E-state index contributed by atoms with van der Waals surface area (Å²) in [5, 5.41) is 18.0. The van der Waals surface area contributed by atoms with E-state index in [1.807, 2.05) is 0 Å². The van der Waals surface area contributed by atoms with Gasteiger partial charge in [0.05, 0.1) is 17.0 Å². The van der Waals surface area contributed by atoms with Crippen LogP contribution in [-0.4, -0.2) is 40.5 Å². The fourth-order valence-electron chi connectivity index (χ4n) is 2.16. The number of carboxylic acids is 2. The van der Waals surface area contributed by atoms with E-state index < -0.39 is 29.7 Å². The Morgan fingerprint density at radius 2 is 1.62 bits per heavy atom. The molecule has 1 aromatic carbocycles. The van der Waals surface area contributed by atoms with Crippen molar-refractivity contribution in [2.45, 2.75) is 6.42 Å². The molecular formula is C13H12N2O6. The summed E-state index contributed by atoms with van der Waals surface area (Å²) in [6, 6.07) is 3.38. The molecule has 0 saturated carbocycles. The van der Waals surface area contributed by atoms with Crippen LogP contribution >= 0.6 is 0 Å². The number of benzene rings is 1. The van der Waals surface area contributed by atoms with E-state index >= 15 is 0 Å². The summed E-state index contributed by atoms with van der Waals surface area (Å²) >= 11 is 0. The Labute approximate surface area is 118 Å². The predicted molar refractivity (Wildman–Crippen MR) is 70.0 cm³/mol. The summed E-state index contributed by atoms with van der Waals surface area (Å²) in [6.07, 6.45) is -0.0744. The van der Waals surface area contributed by atoms with E-state index in [1.54, 1.807) is 0 Å². The van der Waals surface area contributed by atoms with E-state index in [0.717, 1.165) is 6.07 Å². The minimum Gasteiger partial charge on any atom is -0.478 e. The standard InChI is InChI=1S/C13H12N2O6/c14-11(17)8-4-10(16)15(5-8)9-2-6(12(18)19)1-7(3-9)13(20)21/h1-3,8H,4-5H2,(H2,14,17)(H,18,19)(H,20,21). The molecule has 1 saturated heterocycles. The maximum absolute atomic E-state index is 11.9. The molecule has 0 aromatic heterocycles. The van der Waals surface area contributed by atoms with E-state index in [-0.39, 0.29) is 29.8 Å². The second-order valence-electron chi connectivity index (χ2n) is 4.69. The average molecular weight is 292 g/mol. The van der Waals surface area contributed by atoms with Gasteiger partial charge in [-0.2, -0.15) is 0 Å². The molecule has 1 fully saturated rings. The summed E-state index contributed by atoms with van der Waals surface area (Å²) in [5.74, 6) is -4.31. The van der Waals surface area contributed by atoms with Gasteiger partial charge in [-0.15, -0.1) is 0 Å². The second-order valence-corrected chi connectivity index (χ2v) is 4.69. The first-order chi connectivity index (χ1) is 9.79. The number of carboxylic acid groups (broad SMARTS) is 2. The smallest absolute Gasteiger partial charge is 0.335 e. The van der Waals surface area contributed by atoms with Gasteiger partial charge in [0, 0.05) is 18.7 Å². The van der Waals surface area contributed by atoms with Crippen LogP contribution < -0.4 is 10.6 Å². The summed E-state index contributed by atoms with van der Waals surface area (Å²) in [6.45, 7) is 0.0102. The van der Waals surface area contributed by atoms with Crippen LogP contribution in [0.5, 0.6) is 0 Å². The molecule has 0 radical (unpaired) electrons. The van der Waals surface area contributed by atoms with Crippen LogP contribution in [0, 0.1) is 5.92 Å². The van der Waals surface area contributed by atoms with Crippen LogP contribution in [0.25, 0.3) is 0 Å². The molecule has 110 valence electrons. The minimum absolute atomic E-state index is 0.0102. The number of nitrogens with zero attached hydrogens (tertiary/aromatic N) is 1. The van der Waals surface area contributed by atoms with Gasteiger partial charge in [-0.3, -0.25) is 9.59 Å². The number of anilines is 1. The molecule has 0 spiro atoms. The van der Waals surface area contributed by atoms with Crippen molar-refractivity contribution >= 4 is 29.4 Å². The van der Waals surface area contributed by atoms with Crippen LogP contribution in [0.15, 0.2) is 18.2 Å². The molecule has 1 heterocycles. The largest absolute Gasteiger partial charge is 0.478 e. The lowest BCUT2D eigenvalue weighted by Crippen LogP contribution is -2.28. The zero-order chi connectivity index (χ0) is 15.7. The Hall–Kier alpha value is -2.90. The zero-order valence-corrected chi connectivity index (χ0v) is 10.8. The summed E-state index contributed by atoms with van der Waals surface area (Å²) in [5.41, 5.74) is 4.78. The van der Waals surface area contributed by atoms with Gasteiger partial charge in [0.25, 0.3) is 0 Å². The molecule has 1 aliphatic heterocycles. The lowest BCUT2D eigenvalue weighted by molar-refractivity contribution is -0.123. The van der Waals surface area contributed by atoms with Crippen molar-refractivity contribution in [3.05, 3.63) is 29.3 Å². The highest BCUT2D eigenvalue weighted by atomic mass is 16.4. The van der Waals surface area contributed by atoms with E-state index in [4.69, 9.17) is 15.9 Å². The van der Waals surface area contributed by atoms with Gasteiger partial charge < -0.3 is 20.8 Å². The molecule has 8 nitrogen and oxygen atoms in total. The Morgan fingerprint density at radius 1 is 1.10 bits per heavy atom. The molecule has 21 heavy (non-hydrogen) atoms. The average Bonchev–Trinajstić information content (AvgIpc) is 2.80. The van der Waals surface area contributed by atoms with Gasteiger partial charge in [0.1, 0.15) is 0 Å². The number of carbonyl (C=O) groups is 4. The number of hydrogen-bond acceptors (Lipinski definition) is 4. The fraction of sp³-hybridized carbons (Fsp3) is 0.231. The highest BCUT2D eigenvalue weighted by Gasteiger charge is 2.34. The van der Waals surface area contributed by atoms with Crippen LogP contribution in [0.3, 0.4) is 0 Å². The Morgan fingerprint density at radius 3 is 2.00 bits per heavy atom. The van der Waals surface area contributed by atoms with Crippen LogP contribution in [-0.2, 0) is 9.59 Å².